The Bertz CT molecular complexity index is 451. The molecular weight excluding hydrogens is 293 g/mol. The number of aliphatic carboxylic acids is 1. The molecule has 21 heavy (non-hydrogen) atoms. The van der Waals surface area contributed by atoms with Gasteiger partial charge in [-0.3, -0.25) is 9.59 Å². The maximum Gasteiger partial charge on any atom is 0.303 e. The van der Waals surface area contributed by atoms with Crippen molar-refractivity contribution in [3.63, 3.8) is 0 Å². The highest BCUT2D eigenvalue weighted by Gasteiger charge is 2.03. The number of nitrogens with one attached hydrogen (secondary N) is 1. The van der Waals surface area contributed by atoms with Crippen molar-refractivity contribution < 1.29 is 19.1 Å². The number of carboxylic acids is 1. The van der Waals surface area contributed by atoms with Crippen LogP contribution in [0.4, 0.5) is 4.39 Å². The zero-order chi connectivity index (χ0) is 15.5. The number of benzene rings is 1. The minimum atomic E-state index is -0.763. The van der Waals surface area contributed by atoms with E-state index < -0.39 is 5.97 Å². The Morgan fingerprint density at radius 3 is 2.43 bits per heavy atom. The lowest BCUT2D eigenvalue weighted by Gasteiger charge is -2.05. The molecule has 4 nitrogen and oxygen atoms in total. The molecule has 0 aliphatic heterocycles. The van der Waals surface area contributed by atoms with Crippen molar-refractivity contribution in [3.8, 4) is 0 Å². The smallest absolute Gasteiger partial charge is 0.303 e. The van der Waals surface area contributed by atoms with Crippen LogP contribution in [0.15, 0.2) is 29.2 Å². The van der Waals surface area contributed by atoms with Crippen LogP contribution >= 0.6 is 11.8 Å². The molecule has 0 fully saturated rings. The molecule has 1 aromatic carbocycles. The van der Waals surface area contributed by atoms with E-state index in [4.69, 9.17) is 5.11 Å². The Kier molecular flexibility index (Phi) is 8.50. The van der Waals surface area contributed by atoms with E-state index in [0.29, 0.717) is 18.7 Å². The van der Waals surface area contributed by atoms with Gasteiger partial charge >= 0.3 is 5.97 Å². The molecule has 0 aliphatic rings. The van der Waals surface area contributed by atoms with Crippen LogP contribution in [0, 0.1) is 5.82 Å². The van der Waals surface area contributed by atoms with Gasteiger partial charge in [-0.05, 0) is 37.1 Å². The van der Waals surface area contributed by atoms with Crippen molar-refractivity contribution in [2.45, 2.75) is 37.0 Å². The van der Waals surface area contributed by atoms with Crippen molar-refractivity contribution in [3.05, 3.63) is 30.1 Å². The predicted molar refractivity (Wildman–Crippen MR) is 80.9 cm³/mol. The molecule has 0 aliphatic carbocycles. The molecule has 0 saturated carbocycles. The maximum absolute atomic E-state index is 12.7. The Morgan fingerprint density at radius 1 is 1.10 bits per heavy atom. The molecule has 0 atom stereocenters. The fourth-order valence-electron chi connectivity index (χ4n) is 1.71. The highest BCUT2D eigenvalue weighted by molar-refractivity contribution is 8.00. The summed E-state index contributed by atoms with van der Waals surface area (Å²) in [6, 6.07) is 6.04. The summed E-state index contributed by atoms with van der Waals surface area (Å²) in [5.74, 6) is -0.785. The fraction of sp³-hybridized carbons (Fsp3) is 0.467. The van der Waals surface area contributed by atoms with Crippen LogP contribution in [0.25, 0.3) is 0 Å². The molecule has 1 rings (SSSR count). The zero-order valence-corrected chi connectivity index (χ0v) is 12.6. The number of halogens is 1. The van der Waals surface area contributed by atoms with Crippen LogP contribution in [-0.2, 0) is 9.59 Å². The number of carbonyl (C=O) groups is 2. The van der Waals surface area contributed by atoms with Crippen LogP contribution in [-0.4, -0.2) is 29.3 Å². The monoisotopic (exact) mass is 313 g/mol. The van der Waals surface area contributed by atoms with Gasteiger partial charge in [-0.1, -0.05) is 12.8 Å². The largest absolute Gasteiger partial charge is 0.481 e. The molecule has 0 saturated heterocycles. The molecule has 0 heterocycles. The molecule has 1 amide bonds. The molecule has 0 unspecified atom stereocenters. The van der Waals surface area contributed by atoms with Crippen molar-refractivity contribution in [1.82, 2.24) is 5.32 Å². The third kappa shape index (κ3) is 9.07. The minimum Gasteiger partial charge on any atom is -0.481 e. The second kappa shape index (κ2) is 10.2. The third-order valence-electron chi connectivity index (χ3n) is 2.82. The van der Waals surface area contributed by atoms with Gasteiger partial charge in [0.2, 0.25) is 5.91 Å². The van der Waals surface area contributed by atoms with Gasteiger partial charge in [0.1, 0.15) is 5.82 Å². The van der Waals surface area contributed by atoms with Crippen molar-refractivity contribution in [2.75, 3.05) is 12.3 Å². The summed E-state index contributed by atoms with van der Waals surface area (Å²) in [7, 11) is 0. The lowest BCUT2D eigenvalue weighted by molar-refractivity contribution is -0.137. The van der Waals surface area contributed by atoms with Gasteiger partial charge < -0.3 is 10.4 Å². The van der Waals surface area contributed by atoms with E-state index in [1.165, 1.54) is 23.9 Å². The van der Waals surface area contributed by atoms with Crippen LogP contribution in [0.5, 0.6) is 0 Å². The summed E-state index contributed by atoms with van der Waals surface area (Å²) in [4.78, 5) is 22.7. The second-order valence-corrected chi connectivity index (χ2v) is 5.70. The minimum absolute atomic E-state index is 0.0464. The van der Waals surface area contributed by atoms with Gasteiger partial charge in [0, 0.05) is 17.9 Å². The van der Waals surface area contributed by atoms with Crippen molar-refractivity contribution in [1.29, 1.82) is 0 Å². The van der Waals surface area contributed by atoms with Gasteiger partial charge in [-0.25, -0.2) is 4.39 Å². The summed E-state index contributed by atoms with van der Waals surface area (Å²) in [5.41, 5.74) is 0. The Labute approximate surface area is 128 Å². The first-order valence-corrected chi connectivity index (χ1v) is 7.93. The first kappa shape index (κ1) is 17.5. The van der Waals surface area contributed by atoms with Gasteiger partial charge in [0.05, 0.1) is 5.75 Å². The number of thioether (sulfide) groups is 1. The summed E-state index contributed by atoms with van der Waals surface area (Å²) in [6.07, 6.45) is 3.53. The molecular formula is C15H20FNO3S. The van der Waals surface area contributed by atoms with Crippen molar-refractivity contribution in [2.24, 2.45) is 0 Å². The third-order valence-corrected chi connectivity index (χ3v) is 3.84. The molecule has 6 heteroatoms. The van der Waals surface area contributed by atoms with Gasteiger partial charge in [0.15, 0.2) is 0 Å². The van der Waals surface area contributed by atoms with E-state index in [-0.39, 0.29) is 18.1 Å². The van der Waals surface area contributed by atoms with E-state index in [9.17, 15) is 14.0 Å². The van der Waals surface area contributed by atoms with Crippen molar-refractivity contribution >= 4 is 23.6 Å². The first-order chi connectivity index (χ1) is 10.1. The van der Waals surface area contributed by atoms with E-state index in [0.717, 1.165) is 24.2 Å². The summed E-state index contributed by atoms with van der Waals surface area (Å²) < 4.78 is 12.7. The normalized spacial score (nSPS) is 10.3. The average Bonchev–Trinajstić information content (AvgIpc) is 2.45. The second-order valence-electron chi connectivity index (χ2n) is 4.65. The molecule has 0 spiro atoms. The average molecular weight is 313 g/mol. The molecule has 116 valence electrons. The molecule has 1 aromatic rings. The number of hydrogen-bond donors (Lipinski definition) is 2. The Balaban J connectivity index is 2.01. The van der Waals surface area contributed by atoms with E-state index >= 15 is 0 Å². The molecule has 0 radical (unpaired) electrons. The van der Waals surface area contributed by atoms with Crippen LogP contribution in [0.3, 0.4) is 0 Å². The van der Waals surface area contributed by atoms with E-state index in [1.807, 2.05) is 0 Å². The topological polar surface area (TPSA) is 66.4 Å². The Morgan fingerprint density at radius 2 is 1.76 bits per heavy atom. The van der Waals surface area contributed by atoms with Crippen LogP contribution in [0.1, 0.15) is 32.1 Å². The van der Waals surface area contributed by atoms with Gasteiger partial charge in [-0.15, -0.1) is 11.8 Å². The van der Waals surface area contributed by atoms with Gasteiger partial charge in [0.25, 0.3) is 0 Å². The lowest BCUT2D eigenvalue weighted by atomic mass is 10.1. The fourth-order valence-corrected chi connectivity index (χ4v) is 2.44. The van der Waals surface area contributed by atoms with E-state index in [1.54, 1.807) is 12.1 Å². The quantitative estimate of drug-likeness (QED) is 0.514. The highest BCUT2D eigenvalue weighted by Crippen LogP contribution is 2.17. The summed E-state index contributed by atoms with van der Waals surface area (Å²) >= 11 is 1.37. The summed E-state index contributed by atoms with van der Waals surface area (Å²) in [6.45, 7) is 0.607. The number of rotatable bonds is 10. The number of hydrogen-bond acceptors (Lipinski definition) is 3. The van der Waals surface area contributed by atoms with E-state index in [2.05, 4.69) is 5.32 Å². The van der Waals surface area contributed by atoms with Crippen LogP contribution in [0.2, 0.25) is 0 Å². The SMILES string of the molecule is O=C(O)CCCCCCNC(=O)CSc1ccc(F)cc1. The number of unbranched alkanes of at least 4 members (excludes halogenated alkanes) is 3. The molecule has 0 bridgehead atoms. The Hall–Kier alpha value is -1.56. The standard InChI is InChI=1S/C15H20FNO3S/c16-12-6-8-13(9-7-12)21-11-14(18)17-10-4-2-1-3-5-15(19)20/h6-9H,1-5,10-11H2,(H,17,18)(H,19,20). The van der Waals surface area contributed by atoms with Gasteiger partial charge in [-0.2, -0.15) is 0 Å². The first-order valence-electron chi connectivity index (χ1n) is 6.95. The number of carbonyl (C=O) groups excluding carboxylic acids is 1. The maximum atomic E-state index is 12.7. The van der Waals surface area contributed by atoms with Crippen LogP contribution < -0.4 is 5.32 Å². The molecule has 0 aromatic heterocycles. The summed E-state index contributed by atoms with van der Waals surface area (Å²) in [5, 5.41) is 11.3. The predicted octanol–water partition coefficient (Wildman–Crippen LogP) is 3.07. The molecule has 2 N–H and O–H groups in total. The highest BCUT2D eigenvalue weighted by atomic mass is 32.2. The number of amides is 1. The number of carboxylic acid groups (broad SMARTS) is 1. The zero-order valence-electron chi connectivity index (χ0n) is 11.8. The lowest BCUT2D eigenvalue weighted by Crippen LogP contribution is -2.26.